The SMILES string of the molecule is Cc1cccc2[nH]c(C(=O)N3CCC3)cc12. The Labute approximate surface area is 94.1 Å². The van der Waals surface area contributed by atoms with Crippen LogP contribution in [0.2, 0.25) is 0 Å². The lowest BCUT2D eigenvalue weighted by atomic mass is 10.1. The number of hydrogen-bond donors (Lipinski definition) is 1. The zero-order chi connectivity index (χ0) is 11.1. The van der Waals surface area contributed by atoms with Gasteiger partial charge < -0.3 is 9.88 Å². The standard InChI is InChI=1S/C13H14N2O/c1-9-4-2-5-11-10(9)8-12(14-11)13(16)15-6-3-7-15/h2,4-5,8,14H,3,6-7H2,1H3. The van der Waals surface area contributed by atoms with Crippen LogP contribution in [0.3, 0.4) is 0 Å². The molecule has 0 spiro atoms. The molecule has 3 heteroatoms. The number of aromatic amines is 1. The monoisotopic (exact) mass is 214 g/mol. The largest absolute Gasteiger partial charge is 0.351 e. The number of carbonyl (C=O) groups excluding carboxylic acids is 1. The normalized spacial score (nSPS) is 15.2. The average molecular weight is 214 g/mol. The minimum absolute atomic E-state index is 0.127. The van der Waals surface area contributed by atoms with E-state index in [1.165, 1.54) is 5.56 Å². The summed E-state index contributed by atoms with van der Waals surface area (Å²) in [6.07, 6.45) is 1.13. The lowest BCUT2D eigenvalue weighted by Crippen LogP contribution is -2.42. The molecule has 1 N–H and O–H groups in total. The number of H-pyrrole nitrogens is 1. The molecule has 1 amide bonds. The van der Waals surface area contributed by atoms with Crippen LogP contribution in [0.1, 0.15) is 22.5 Å². The van der Waals surface area contributed by atoms with Gasteiger partial charge in [0.05, 0.1) is 0 Å². The van der Waals surface area contributed by atoms with Crippen LogP contribution in [0.15, 0.2) is 24.3 Å². The minimum Gasteiger partial charge on any atom is -0.351 e. The Hall–Kier alpha value is -1.77. The Morgan fingerprint density at radius 3 is 2.81 bits per heavy atom. The second kappa shape index (κ2) is 3.37. The van der Waals surface area contributed by atoms with Crippen molar-refractivity contribution in [1.82, 2.24) is 9.88 Å². The van der Waals surface area contributed by atoms with Gasteiger partial charge >= 0.3 is 0 Å². The van der Waals surface area contributed by atoms with Crippen molar-refractivity contribution >= 4 is 16.8 Å². The zero-order valence-electron chi connectivity index (χ0n) is 9.29. The lowest BCUT2D eigenvalue weighted by molar-refractivity contribution is 0.0646. The van der Waals surface area contributed by atoms with E-state index in [4.69, 9.17) is 0 Å². The summed E-state index contributed by atoms with van der Waals surface area (Å²) >= 11 is 0. The Morgan fingerprint density at radius 2 is 2.19 bits per heavy atom. The minimum atomic E-state index is 0.127. The third kappa shape index (κ3) is 1.32. The number of aromatic nitrogens is 1. The molecule has 2 aromatic rings. The maximum absolute atomic E-state index is 12.0. The molecule has 0 atom stereocenters. The highest BCUT2D eigenvalue weighted by Crippen LogP contribution is 2.21. The van der Waals surface area contributed by atoms with Crippen molar-refractivity contribution in [2.45, 2.75) is 13.3 Å². The van der Waals surface area contributed by atoms with Gasteiger partial charge in [-0.2, -0.15) is 0 Å². The Balaban J connectivity index is 2.04. The number of likely N-dealkylation sites (tertiary alicyclic amines) is 1. The first kappa shape index (κ1) is 9.46. The van der Waals surface area contributed by atoms with Gasteiger partial charge in [0.2, 0.25) is 0 Å². The van der Waals surface area contributed by atoms with Crippen molar-refractivity contribution < 1.29 is 4.79 Å². The molecular weight excluding hydrogens is 200 g/mol. The third-order valence-corrected chi connectivity index (χ3v) is 3.26. The highest BCUT2D eigenvalue weighted by atomic mass is 16.2. The summed E-state index contributed by atoms with van der Waals surface area (Å²) in [6.45, 7) is 3.86. The second-order valence-corrected chi connectivity index (χ2v) is 4.36. The first-order chi connectivity index (χ1) is 7.75. The summed E-state index contributed by atoms with van der Waals surface area (Å²) in [4.78, 5) is 17.1. The molecule has 0 unspecified atom stereocenters. The number of rotatable bonds is 1. The van der Waals surface area contributed by atoms with Gasteiger partial charge in [0, 0.05) is 24.0 Å². The summed E-state index contributed by atoms with van der Waals surface area (Å²) in [5, 5.41) is 1.14. The van der Waals surface area contributed by atoms with E-state index < -0.39 is 0 Å². The molecule has 82 valence electrons. The van der Waals surface area contributed by atoms with Crippen molar-refractivity contribution in [3.63, 3.8) is 0 Å². The first-order valence-corrected chi connectivity index (χ1v) is 5.63. The van der Waals surface area contributed by atoms with Crippen LogP contribution >= 0.6 is 0 Å². The molecule has 1 fully saturated rings. The van der Waals surface area contributed by atoms with Crippen LogP contribution < -0.4 is 0 Å². The Kier molecular flexibility index (Phi) is 1.99. The fraction of sp³-hybridized carbons (Fsp3) is 0.308. The van der Waals surface area contributed by atoms with Crippen LogP contribution in [-0.2, 0) is 0 Å². The molecule has 3 nitrogen and oxygen atoms in total. The van der Waals surface area contributed by atoms with Crippen LogP contribution in [0, 0.1) is 6.92 Å². The number of amides is 1. The summed E-state index contributed by atoms with van der Waals surface area (Å²) in [7, 11) is 0. The van der Waals surface area contributed by atoms with Gasteiger partial charge in [-0.05, 0) is 31.0 Å². The van der Waals surface area contributed by atoms with Gasteiger partial charge in [-0.15, -0.1) is 0 Å². The first-order valence-electron chi connectivity index (χ1n) is 5.63. The molecule has 16 heavy (non-hydrogen) atoms. The van der Waals surface area contributed by atoms with Gasteiger partial charge in [0.15, 0.2) is 0 Å². The number of nitrogens with zero attached hydrogens (tertiary/aromatic N) is 1. The molecule has 0 saturated carbocycles. The molecule has 2 heterocycles. The van der Waals surface area contributed by atoms with E-state index in [9.17, 15) is 4.79 Å². The third-order valence-electron chi connectivity index (χ3n) is 3.26. The molecule has 1 aliphatic heterocycles. The van der Waals surface area contributed by atoms with E-state index in [0.29, 0.717) is 5.69 Å². The quantitative estimate of drug-likeness (QED) is 0.777. The molecule has 0 radical (unpaired) electrons. The van der Waals surface area contributed by atoms with E-state index in [-0.39, 0.29) is 5.91 Å². The number of aryl methyl sites for hydroxylation is 1. The smallest absolute Gasteiger partial charge is 0.270 e. The number of carbonyl (C=O) groups is 1. The summed E-state index contributed by atoms with van der Waals surface area (Å²) in [6, 6.07) is 8.04. The fourth-order valence-electron chi connectivity index (χ4n) is 2.11. The van der Waals surface area contributed by atoms with Gasteiger partial charge in [-0.3, -0.25) is 4.79 Å². The van der Waals surface area contributed by atoms with E-state index in [1.54, 1.807) is 0 Å². The zero-order valence-corrected chi connectivity index (χ0v) is 9.29. The van der Waals surface area contributed by atoms with E-state index >= 15 is 0 Å². The lowest BCUT2D eigenvalue weighted by Gasteiger charge is -2.30. The van der Waals surface area contributed by atoms with Crippen LogP contribution in [0.5, 0.6) is 0 Å². The number of benzene rings is 1. The highest BCUT2D eigenvalue weighted by Gasteiger charge is 2.22. The summed E-state index contributed by atoms with van der Waals surface area (Å²) < 4.78 is 0. The molecule has 1 aromatic heterocycles. The predicted octanol–water partition coefficient (Wildman–Crippen LogP) is 2.32. The van der Waals surface area contributed by atoms with E-state index in [2.05, 4.69) is 18.0 Å². The molecule has 3 rings (SSSR count). The topological polar surface area (TPSA) is 36.1 Å². The van der Waals surface area contributed by atoms with Crippen molar-refractivity contribution in [3.8, 4) is 0 Å². The molecule has 1 aromatic carbocycles. The average Bonchev–Trinajstić information content (AvgIpc) is 2.60. The van der Waals surface area contributed by atoms with Gasteiger partial charge in [-0.25, -0.2) is 0 Å². The molecule has 1 saturated heterocycles. The number of hydrogen-bond acceptors (Lipinski definition) is 1. The van der Waals surface area contributed by atoms with Crippen molar-refractivity contribution in [3.05, 3.63) is 35.5 Å². The highest BCUT2D eigenvalue weighted by molar-refractivity contribution is 5.99. The van der Waals surface area contributed by atoms with Crippen LogP contribution in [-0.4, -0.2) is 28.9 Å². The second-order valence-electron chi connectivity index (χ2n) is 4.36. The van der Waals surface area contributed by atoms with Crippen molar-refractivity contribution in [1.29, 1.82) is 0 Å². The van der Waals surface area contributed by atoms with Crippen molar-refractivity contribution in [2.75, 3.05) is 13.1 Å². The van der Waals surface area contributed by atoms with Crippen LogP contribution in [0.4, 0.5) is 0 Å². The van der Waals surface area contributed by atoms with E-state index in [0.717, 1.165) is 30.4 Å². The fourth-order valence-corrected chi connectivity index (χ4v) is 2.11. The Bertz CT molecular complexity index is 552. The predicted molar refractivity (Wildman–Crippen MR) is 63.6 cm³/mol. The van der Waals surface area contributed by atoms with Crippen LogP contribution in [0.25, 0.3) is 10.9 Å². The van der Waals surface area contributed by atoms with Gasteiger partial charge in [-0.1, -0.05) is 12.1 Å². The molecule has 0 aliphatic carbocycles. The molecular formula is C13H14N2O. The number of fused-ring (bicyclic) bond motifs is 1. The maximum atomic E-state index is 12.0. The molecule has 1 aliphatic rings. The Morgan fingerprint density at radius 1 is 1.38 bits per heavy atom. The maximum Gasteiger partial charge on any atom is 0.270 e. The number of nitrogens with one attached hydrogen (secondary N) is 1. The van der Waals surface area contributed by atoms with Gasteiger partial charge in [0.1, 0.15) is 5.69 Å². The summed E-state index contributed by atoms with van der Waals surface area (Å²) in [5.41, 5.74) is 2.96. The van der Waals surface area contributed by atoms with E-state index in [1.807, 2.05) is 23.1 Å². The summed E-state index contributed by atoms with van der Waals surface area (Å²) in [5.74, 6) is 0.127. The van der Waals surface area contributed by atoms with Gasteiger partial charge in [0.25, 0.3) is 5.91 Å². The molecule has 0 bridgehead atoms. The van der Waals surface area contributed by atoms with Crippen molar-refractivity contribution in [2.24, 2.45) is 0 Å².